The average Bonchev–Trinajstić information content (AvgIpc) is 2.58. The van der Waals surface area contributed by atoms with Crippen molar-refractivity contribution in [2.45, 2.75) is 24.6 Å². The Kier molecular flexibility index (Phi) is 2.78. The molecule has 1 nitrogen and oxygen atoms in total. The summed E-state index contributed by atoms with van der Waals surface area (Å²) >= 11 is 3.18. The highest BCUT2D eigenvalue weighted by Gasteiger charge is 2.60. The number of halogens is 4. The Morgan fingerprint density at radius 1 is 1.38 bits per heavy atom. The molecule has 1 aliphatic carbocycles. The van der Waals surface area contributed by atoms with Gasteiger partial charge in [0.15, 0.2) is 5.60 Å². The highest BCUT2D eigenvalue weighted by atomic mass is 79.9. The van der Waals surface area contributed by atoms with E-state index >= 15 is 0 Å². The van der Waals surface area contributed by atoms with E-state index in [9.17, 15) is 13.2 Å². The fourth-order valence-electron chi connectivity index (χ4n) is 2.27. The van der Waals surface area contributed by atoms with Crippen LogP contribution in [-0.4, -0.2) is 13.3 Å². The maximum atomic E-state index is 13.1. The minimum atomic E-state index is -4.39. The van der Waals surface area contributed by atoms with Crippen LogP contribution in [0.15, 0.2) is 22.7 Å². The predicted molar refractivity (Wildman–Crippen MR) is 57.2 cm³/mol. The quantitative estimate of drug-likeness (QED) is 0.765. The molecule has 1 aliphatic rings. The van der Waals surface area contributed by atoms with Crippen LogP contribution >= 0.6 is 15.9 Å². The third-order valence-corrected chi connectivity index (χ3v) is 3.72. The molecule has 5 heteroatoms. The maximum Gasteiger partial charge on any atom is 0.421 e. The van der Waals surface area contributed by atoms with Crippen LogP contribution in [0.5, 0.6) is 0 Å². The van der Waals surface area contributed by atoms with Gasteiger partial charge < -0.3 is 4.74 Å². The van der Waals surface area contributed by atoms with Crippen molar-refractivity contribution >= 4 is 15.9 Å². The van der Waals surface area contributed by atoms with Crippen LogP contribution < -0.4 is 0 Å². The fraction of sp³-hybridized carbons (Fsp3) is 0.455. The summed E-state index contributed by atoms with van der Waals surface area (Å²) in [5.41, 5.74) is -1.22. The lowest BCUT2D eigenvalue weighted by Gasteiger charge is -2.31. The zero-order chi connectivity index (χ0) is 12.0. The van der Waals surface area contributed by atoms with E-state index in [4.69, 9.17) is 4.74 Å². The van der Waals surface area contributed by atoms with Gasteiger partial charge in [-0.2, -0.15) is 13.2 Å². The molecule has 1 atom stereocenters. The SMILES string of the molecule is COC1(C(F)(F)F)CCc2cccc(Br)c21. The molecule has 2 rings (SSSR count). The van der Waals surface area contributed by atoms with Gasteiger partial charge >= 0.3 is 6.18 Å². The maximum absolute atomic E-state index is 13.1. The first-order chi connectivity index (χ1) is 7.42. The highest BCUT2D eigenvalue weighted by molar-refractivity contribution is 9.10. The number of alkyl halides is 3. The number of rotatable bonds is 1. The number of methoxy groups -OCH3 is 1. The van der Waals surface area contributed by atoms with Crippen molar-refractivity contribution in [2.24, 2.45) is 0 Å². The predicted octanol–water partition coefficient (Wildman–Crippen LogP) is 3.80. The zero-order valence-corrected chi connectivity index (χ0v) is 10.2. The first-order valence-electron chi connectivity index (χ1n) is 4.82. The lowest BCUT2D eigenvalue weighted by molar-refractivity contribution is -0.275. The summed E-state index contributed by atoms with van der Waals surface area (Å²) < 4.78 is 44.7. The molecule has 1 aromatic carbocycles. The van der Waals surface area contributed by atoms with Crippen molar-refractivity contribution in [3.63, 3.8) is 0 Å². The van der Waals surface area contributed by atoms with Crippen molar-refractivity contribution in [3.05, 3.63) is 33.8 Å². The molecule has 0 saturated heterocycles. The molecule has 0 radical (unpaired) electrons. The molecule has 0 fully saturated rings. The Morgan fingerprint density at radius 3 is 2.62 bits per heavy atom. The van der Waals surface area contributed by atoms with Gasteiger partial charge in [0.2, 0.25) is 0 Å². The largest absolute Gasteiger partial charge is 0.421 e. The summed E-state index contributed by atoms with van der Waals surface area (Å²) in [7, 11) is 1.11. The lowest BCUT2D eigenvalue weighted by atomic mass is 9.95. The second kappa shape index (κ2) is 3.74. The minimum absolute atomic E-state index is 0.0506. The molecule has 0 N–H and O–H groups in total. The molecular formula is C11H10BrF3O. The van der Waals surface area contributed by atoms with E-state index in [-0.39, 0.29) is 12.0 Å². The monoisotopic (exact) mass is 294 g/mol. The van der Waals surface area contributed by atoms with E-state index in [1.165, 1.54) is 0 Å². The molecule has 0 aromatic heterocycles. The molecular weight excluding hydrogens is 285 g/mol. The second-order valence-electron chi connectivity index (χ2n) is 3.80. The second-order valence-corrected chi connectivity index (χ2v) is 4.66. The van der Waals surface area contributed by atoms with Crippen LogP contribution in [0.4, 0.5) is 13.2 Å². The molecule has 1 unspecified atom stereocenters. The van der Waals surface area contributed by atoms with E-state index < -0.39 is 11.8 Å². The van der Waals surface area contributed by atoms with Gasteiger partial charge in [0.25, 0.3) is 0 Å². The molecule has 1 aromatic rings. The first kappa shape index (κ1) is 11.9. The van der Waals surface area contributed by atoms with E-state index in [0.717, 1.165) is 7.11 Å². The highest BCUT2D eigenvalue weighted by Crippen LogP contribution is 2.52. The van der Waals surface area contributed by atoms with Gasteiger partial charge in [0.05, 0.1) is 0 Å². The first-order valence-corrected chi connectivity index (χ1v) is 5.61. The topological polar surface area (TPSA) is 9.23 Å². The number of hydrogen-bond donors (Lipinski definition) is 0. The number of aryl methyl sites for hydroxylation is 1. The summed E-state index contributed by atoms with van der Waals surface area (Å²) in [4.78, 5) is 0. The Labute approximate surface area is 99.7 Å². The number of hydrogen-bond acceptors (Lipinski definition) is 1. The van der Waals surface area contributed by atoms with Gasteiger partial charge in [-0.3, -0.25) is 0 Å². The summed E-state index contributed by atoms with van der Waals surface area (Å²) in [6, 6.07) is 5.07. The molecule has 16 heavy (non-hydrogen) atoms. The van der Waals surface area contributed by atoms with Gasteiger partial charge in [0.1, 0.15) is 0 Å². The molecule has 88 valence electrons. The molecule has 0 amide bonds. The van der Waals surface area contributed by atoms with Crippen molar-refractivity contribution in [2.75, 3.05) is 7.11 Å². The van der Waals surface area contributed by atoms with Crippen molar-refractivity contribution in [1.82, 2.24) is 0 Å². The van der Waals surface area contributed by atoms with Gasteiger partial charge in [-0.25, -0.2) is 0 Å². The third kappa shape index (κ3) is 1.49. The summed E-state index contributed by atoms with van der Waals surface area (Å²) in [6.07, 6.45) is -4.05. The smallest absolute Gasteiger partial charge is 0.364 e. The number of ether oxygens (including phenoxy) is 1. The number of benzene rings is 1. The molecule has 0 bridgehead atoms. The Bertz CT molecular complexity index is 416. The summed E-state index contributed by atoms with van der Waals surface area (Å²) in [5.74, 6) is 0. The van der Waals surface area contributed by atoms with E-state index in [2.05, 4.69) is 15.9 Å². The van der Waals surface area contributed by atoms with Gasteiger partial charge in [-0.15, -0.1) is 0 Å². The lowest BCUT2D eigenvalue weighted by Crippen LogP contribution is -2.42. The third-order valence-electron chi connectivity index (χ3n) is 3.06. The fourth-order valence-corrected chi connectivity index (χ4v) is 3.00. The minimum Gasteiger partial charge on any atom is -0.364 e. The van der Waals surface area contributed by atoms with E-state index in [1.54, 1.807) is 18.2 Å². The average molecular weight is 295 g/mol. The molecule has 0 spiro atoms. The van der Waals surface area contributed by atoms with Crippen molar-refractivity contribution < 1.29 is 17.9 Å². The van der Waals surface area contributed by atoms with E-state index in [0.29, 0.717) is 16.5 Å². The van der Waals surface area contributed by atoms with Gasteiger partial charge in [0, 0.05) is 17.1 Å². The normalized spacial score (nSPS) is 24.6. The van der Waals surface area contributed by atoms with Gasteiger partial charge in [-0.1, -0.05) is 28.1 Å². The van der Waals surface area contributed by atoms with E-state index in [1.807, 2.05) is 0 Å². The Morgan fingerprint density at radius 2 is 2.06 bits per heavy atom. The molecule has 0 heterocycles. The number of fused-ring (bicyclic) bond motifs is 1. The summed E-state index contributed by atoms with van der Waals surface area (Å²) in [5, 5.41) is 0. The van der Waals surface area contributed by atoms with Crippen LogP contribution in [0.3, 0.4) is 0 Å². The van der Waals surface area contributed by atoms with Crippen LogP contribution in [0.2, 0.25) is 0 Å². The molecule has 0 aliphatic heterocycles. The molecule has 0 saturated carbocycles. The van der Waals surface area contributed by atoms with Crippen molar-refractivity contribution in [3.8, 4) is 0 Å². The standard InChI is InChI=1S/C11H10BrF3O/c1-16-10(11(13,14)15)6-5-7-3-2-4-8(12)9(7)10/h2-4H,5-6H2,1H3. The van der Waals surface area contributed by atoms with Crippen LogP contribution in [0, 0.1) is 0 Å². The van der Waals surface area contributed by atoms with Crippen LogP contribution in [-0.2, 0) is 16.8 Å². The Hall–Kier alpha value is -0.550. The van der Waals surface area contributed by atoms with Crippen LogP contribution in [0.25, 0.3) is 0 Å². The van der Waals surface area contributed by atoms with Crippen molar-refractivity contribution in [1.29, 1.82) is 0 Å². The summed E-state index contributed by atoms with van der Waals surface area (Å²) in [6.45, 7) is 0. The Balaban J connectivity index is 2.64. The van der Waals surface area contributed by atoms with Crippen LogP contribution in [0.1, 0.15) is 17.5 Å². The van der Waals surface area contributed by atoms with Gasteiger partial charge in [-0.05, 0) is 24.5 Å². The zero-order valence-electron chi connectivity index (χ0n) is 8.57.